The van der Waals surface area contributed by atoms with Gasteiger partial charge in [-0.1, -0.05) is 25.8 Å². The van der Waals surface area contributed by atoms with E-state index in [1.807, 2.05) is 24.8 Å². The second-order valence-electron chi connectivity index (χ2n) is 7.81. The molecule has 1 amide bonds. The summed E-state index contributed by atoms with van der Waals surface area (Å²) in [5.41, 5.74) is 2.37. The normalized spacial score (nSPS) is 17.5. The van der Waals surface area contributed by atoms with Gasteiger partial charge in [-0.2, -0.15) is 4.98 Å². The van der Waals surface area contributed by atoms with Gasteiger partial charge in [0.1, 0.15) is 11.5 Å². The summed E-state index contributed by atoms with van der Waals surface area (Å²) in [5.74, 6) is 0.166. The van der Waals surface area contributed by atoms with Crippen molar-refractivity contribution in [1.82, 2.24) is 24.5 Å². The van der Waals surface area contributed by atoms with Crippen LogP contribution in [0.4, 0.5) is 4.39 Å². The number of halogens is 1. The Morgan fingerprint density at radius 2 is 2.03 bits per heavy atom. The minimum atomic E-state index is -0.367. The lowest BCUT2D eigenvalue weighted by atomic mass is 10.1. The predicted octanol–water partition coefficient (Wildman–Crippen LogP) is 4.21. The van der Waals surface area contributed by atoms with Crippen LogP contribution in [0.1, 0.15) is 61.3 Å². The quantitative estimate of drug-likeness (QED) is 0.667. The highest BCUT2D eigenvalue weighted by molar-refractivity contribution is 5.93. The number of rotatable bonds is 3. The van der Waals surface area contributed by atoms with Gasteiger partial charge in [0.2, 0.25) is 0 Å². The maximum atomic E-state index is 14.4. The number of amides is 1. The molecule has 2 aromatic heterocycles. The summed E-state index contributed by atoms with van der Waals surface area (Å²) in [6.07, 6.45) is 4.98. The zero-order valence-electron chi connectivity index (χ0n) is 17.2. The van der Waals surface area contributed by atoms with Crippen molar-refractivity contribution in [2.24, 2.45) is 0 Å². The van der Waals surface area contributed by atoms with Crippen LogP contribution in [0.5, 0.6) is 0 Å². The molecule has 1 aliphatic heterocycles. The van der Waals surface area contributed by atoms with Crippen LogP contribution in [-0.4, -0.2) is 43.0 Å². The van der Waals surface area contributed by atoms with Crippen LogP contribution in [0.15, 0.2) is 24.3 Å². The molecule has 1 fully saturated rings. The van der Waals surface area contributed by atoms with Gasteiger partial charge in [-0.25, -0.2) is 13.9 Å². The molecule has 4 rings (SSSR count). The third-order valence-corrected chi connectivity index (χ3v) is 5.65. The third kappa shape index (κ3) is 3.73. The molecule has 1 saturated heterocycles. The highest BCUT2D eigenvalue weighted by atomic mass is 19.1. The van der Waals surface area contributed by atoms with Crippen molar-refractivity contribution < 1.29 is 9.18 Å². The van der Waals surface area contributed by atoms with Crippen LogP contribution in [0.25, 0.3) is 17.2 Å². The second kappa shape index (κ2) is 7.89. The lowest BCUT2D eigenvalue weighted by molar-refractivity contribution is 0.0691. The predicted molar refractivity (Wildman–Crippen MR) is 109 cm³/mol. The highest BCUT2D eigenvalue weighted by Gasteiger charge is 2.25. The van der Waals surface area contributed by atoms with Crippen molar-refractivity contribution >= 4 is 11.7 Å². The summed E-state index contributed by atoms with van der Waals surface area (Å²) < 4.78 is 16.0. The first kappa shape index (κ1) is 19.5. The first-order valence-corrected chi connectivity index (χ1v) is 10.3. The van der Waals surface area contributed by atoms with Gasteiger partial charge >= 0.3 is 0 Å². The number of hydrogen-bond donors (Lipinski definition) is 0. The van der Waals surface area contributed by atoms with Crippen molar-refractivity contribution in [3.8, 4) is 11.4 Å². The molecule has 6 nitrogen and oxygen atoms in total. The third-order valence-electron chi connectivity index (χ3n) is 5.65. The fourth-order valence-corrected chi connectivity index (χ4v) is 3.93. The van der Waals surface area contributed by atoms with Crippen molar-refractivity contribution in [1.29, 1.82) is 0 Å². The Morgan fingerprint density at radius 3 is 2.79 bits per heavy atom. The first-order valence-electron chi connectivity index (χ1n) is 10.3. The molecular weight excluding hydrogens is 369 g/mol. The summed E-state index contributed by atoms with van der Waals surface area (Å²) in [5, 5.41) is 4.47. The Balaban J connectivity index is 1.76. The van der Waals surface area contributed by atoms with Crippen LogP contribution in [-0.2, 0) is 6.42 Å². The molecule has 29 heavy (non-hydrogen) atoms. The Hall–Kier alpha value is -2.83. The van der Waals surface area contributed by atoms with E-state index in [-0.39, 0.29) is 23.6 Å². The molecule has 0 spiro atoms. The molecule has 3 heterocycles. The van der Waals surface area contributed by atoms with E-state index < -0.39 is 0 Å². The van der Waals surface area contributed by atoms with Gasteiger partial charge < -0.3 is 4.90 Å². The summed E-state index contributed by atoms with van der Waals surface area (Å²) in [6, 6.07) is 6.95. The maximum Gasteiger partial charge on any atom is 0.272 e. The average Bonchev–Trinajstić information content (AvgIpc) is 3.01. The number of likely N-dealkylation sites (tertiary alicyclic amines) is 1. The molecule has 0 aliphatic carbocycles. The van der Waals surface area contributed by atoms with E-state index in [4.69, 9.17) is 0 Å². The van der Waals surface area contributed by atoms with Gasteiger partial charge in [0.25, 0.3) is 11.7 Å². The number of nitrogens with zero attached hydrogens (tertiary/aromatic N) is 5. The standard InChI is InChI=1S/C22H26FN5O/c1-4-16-13-19(21(29)27-11-7-5-6-8-15(27)3)24-22-25-20(26-28(16)22)17-10-9-14(2)12-18(17)23/h9-10,12-13,15H,4-8,11H2,1-3H3. The van der Waals surface area contributed by atoms with Crippen LogP contribution in [0.2, 0.25) is 0 Å². The molecule has 0 radical (unpaired) electrons. The zero-order valence-corrected chi connectivity index (χ0v) is 17.2. The molecule has 7 heteroatoms. The van der Waals surface area contributed by atoms with Gasteiger partial charge in [0, 0.05) is 18.3 Å². The average molecular weight is 395 g/mol. The van der Waals surface area contributed by atoms with Crippen molar-refractivity contribution in [2.75, 3.05) is 6.54 Å². The Kier molecular flexibility index (Phi) is 5.30. The van der Waals surface area contributed by atoms with E-state index in [9.17, 15) is 9.18 Å². The number of carbonyl (C=O) groups is 1. The number of hydrogen-bond acceptors (Lipinski definition) is 4. The number of aryl methyl sites for hydroxylation is 2. The largest absolute Gasteiger partial charge is 0.335 e. The number of aromatic nitrogens is 4. The van der Waals surface area contributed by atoms with E-state index >= 15 is 0 Å². The van der Waals surface area contributed by atoms with Gasteiger partial charge in [0.15, 0.2) is 5.82 Å². The van der Waals surface area contributed by atoms with Crippen LogP contribution in [0, 0.1) is 12.7 Å². The van der Waals surface area contributed by atoms with E-state index in [0.29, 0.717) is 23.5 Å². The van der Waals surface area contributed by atoms with Gasteiger partial charge in [-0.05, 0) is 56.9 Å². The van der Waals surface area contributed by atoms with Crippen LogP contribution >= 0.6 is 0 Å². The molecule has 1 aliphatic rings. The van der Waals surface area contributed by atoms with Gasteiger partial charge in [-0.3, -0.25) is 4.79 Å². The van der Waals surface area contributed by atoms with Gasteiger partial charge in [0.05, 0.1) is 5.56 Å². The first-order chi connectivity index (χ1) is 14.0. The Bertz CT molecular complexity index is 1060. The fourth-order valence-electron chi connectivity index (χ4n) is 3.93. The van der Waals surface area contributed by atoms with E-state index in [1.54, 1.807) is 16.6 Å². The molecule has 152 valence electrons. The Morgan fingerprint density at radius 1 is 1.21 bits per heavy atom. The monoisotopic (exact) mass is 395 g/mol. The van der Waals surface area contributed by atoms with Crippen molar-refractivity contribution in [3.05, 3.63) is 47.0 Å². The zero-order chi connectivity index (χ0) is 20.5. The molecular formula is C22H26FN5O. The minimum absolute atomic E-state index is 0.0670. The number of carbonyl (C=O) groups excluding carboxylic acids is 1. The lowest BCUT2D eigenvalue weighted by Crippen LogP contribution is -2.38. The van der Waals surface area contributed by atoms with E-state index in [2.05, 4.69) is 22.0 Å². The smallest absolute Gasteiger partial charge is 0.272 e. The summed E-state index contributed by atoms with van der Waals surface area (Å²) in [7, 11) is 0. The number of fused-ring (bicyclic) bond motifs is 1. The molecule has 1 aromatic carbocycles. The van der Waals surface area contributed by atoms with E-state index in [0.717, 1.165) is 43.5 Å². The summed E-state index contributed by atoms with van der Waals surface area (Å²) in [4.78, 5) is 24.0. The van der Waals surface area contributed by atoms with Crippen LogP contribution in [0.3, 0.4) is 0 Å². The molecule has 0 bridgehead atoms. The molecule has 3 aromatic rings. The second-order valence-corrected chi connectivity index (χ2v) is 7.81. The molecule has 1 unspecified atom stereocenters. The maximum absolute atomic E-state index is 14.4. The minimum Gasteiger partial charge on any atom is -0.335 e. The van der Waals surface area contributed by atoms with Crippen LogP contribution < -0.4 is 0 Å². The summed E-state index contributed by atoms with van der Waals surface area (Å²) >= 11 is 0. The fraction of sp³-hybridized carbons (Fsp3) is 0.455. The molecule has 0 N–H and O–H groups in total. The number of benzene rings is 1. The topological polar surface area (TPSA) is 63.4 Å². The SMILES string of the molecule is CCc1cc(C(=O)N2CCCCCC2C)nc2nc(-c3ccc(C)cc3F)nn12. The highest BCUT2D eigenvalue weighted by Crippen LogP contribution is 2.23. The van der Waals surface area contributed by atoms with Gasteiger partial charge in [-0.15, -0.1) is 5.10 Å². The Labute approximate surface area is 169 Å². The summed E-state index contributed by atoms with van der Waals surface area (Å²) in [6.45, 7) is 6.67. The van der Waals surface area contributed by atoms with Crippen molar-refractivity contribution in [2.45, 2.75) is 58.9 Å². The lowest BCUT2D eigenvalue weighted by Gasteiger charge is -2.26. The van der Waals surface area contributed by atoms with E-state index in [1.165, 1.54) is 6.07 Å². The molecule has 1 atom stereocenters. The molecule has 0 saturated carbocycles. The van der Waals surface area contributed by atoms with Crippen molar-refractivity contribution in [3.63, 3.8) is 0 Å².